The number of nitrogens with two attached hydrogens (primary N) is 1. The second kappa shape index (κ2) is 40.4. The van der Waals surface area contributed by atoms with Crippen molar-refractivity contribution in [3.63, 3.8) is 0 Å². The Morgan fingerprint density at radius 2 is 1.41 bits per heavy atom. The number of aliphatic hydroxyl groups is 6. The molecule has 0 aliphatic carbocycles. The molecule has 0 saturated carbocycles. The number of carbonyl (C=O) groups excluding carboxylic acids is 10. The molecule has 7 aromatic rings. The Kier molecular flexibility index (Phi) is 30.1. The highest BCUT2D eigenvalue weighted by molar-refractivity contribution is 6.32. The Labute approximate surface area is 743 Å². The number of Topliss-reactive ketones (excluding diaryl/α,β-unsaturated/α-hetero) is 3. The second-order valence-electron chi connectivity index (χ2n) is 32.7. The fourth-order valence-electron chi connectivity index (χ4n) is 16.0. The number of nitrogens with one attached hydrogen (secondary N) is 7. The standard InChI is InChI=1S/C87H95Cl2F3N10O27/c1-7-41(22-37(2)3)79(117)100-70-56(108)27-46(30-63(93)110)80(118)98-68-45-28-60(124-58-16-11-43(72(70)112)25-52(58)88)76(128-84-77(75(115)74(114)62(36-103)126-84)127-66-34-86(6,78(116)39(5)123-66)95-19-21-102-20-18-64(97-85(102)122)96-65(111)23-40-8-13-48(14-9-40)129-87(90,91)92)61(29-45)125-59-17-12-44(26-53(59)89)73(113)71-83(121)99-69(82(120)94-35-38(4)104)51-31-47(105)32-55(107)67(51)50-24-42(10-15-54(50)106)49(33-57(68)109)81(119)101-71/h8-18,20,24-26,28-29,31-32,37,39,41,46,49,62,66,68-75,77-78,84,95,103,105-107,112-116H,7,19,21-23,27,30,33-36H2,1-6H3,(H2,93,110)(H,94,120)(H,98,118)(H,99,121)(H,100,117)(H,101,119)(H,96,97,111,122)/t39-,41+,46-,49+,62+,66-,68?,69+,70-,71-,72+,73+,74+,75-,77+,78+,84-,86-/m0/s1. The minimum Gasteiger partial charge on any atom is -0.508 e. The molecule has 2 saturated heterocycles. The molecule has 18 atom stereocenters. The van der Waals surface area contributed by atoms with E-state index in [1.165, 1.54) is 43.5 Å². The maximum Gasteiger partial charge on any atom is 0.573 e. The van der Waals surface area contributed by atoms with Crippen molar-refractivity contribution < 1.29 is 140 Å². The van der Waals surface area contributed by atoms with Gasteiger partial charge in [-0.1, -0.05) is 74.3 Å². The molecule has 7 aliphatic heterocycles. The molecule has 18 N–H and O–H groups in total. The van der Waals surface area contributed by atoms with Crippen LogP contribution in [0, 0.1) is 17.8 Å². The van der Waals surface area contributed by atoms with Crippen molar-refractivity contribution in [2.45, 2.75) is 196 Å². The molecule has 37 nitrogen and oxygen atoms in total. The number of ether oxygens (including phenoxy) is 7. The molecule has 2 fully saturated rings. The average Bonchev–Trinajstić information content (AvgIpc) is 0.764. The third kappa shape index (κ3) is 22.7. The summed E-state index contributed by atoms with van der Waals surface area (Å²) in [5.41, 5.74) is 1.40. The van der Waals surface area contributed by atoms with Crippen LogP contribution in [-0.4, -0.2) is 207 Å². The molecule has 11 bridgehead atoms. The number of hydrogen-bond acceptors (Lipinski definition) is 29. The highest BCUT2D eigenvalue weighted by atomic mass is 35.5. The largest absolute Gasteiger partial charge is 0.573 e. The van der Waals surface area contributed by atoms with E-state index < -0.39 is 285 Å². The zero-order valence-corrected chi connectivity index (χ0v) is 71.4. The van der Waals surface area contributed by atoms with Crippen LogP contribution in [0.15, 0.2) is 120 Å². The fraction of sp³-hybridized carbons (Fsp3) is 0.425. The smallest absolute Gasteiger partial charge is 0.508 e. The fourth-order valence-corrected chi connectivity index (χ4v) is 16.5. The number of fused-ring (bicyclic) bond motifs is 15. The number of anilines is 1. The number of amides is 7. The first-order valence-corrected chi connectivity index (χ1v) is 41.7. The van der Waals surface area contributed by atoms with Gasteiger partial charge in [0.1, 0.15) is 101 Å². The van der Waals surface area contributed by atoms with Crippen LogP contribution in [0.1, 0.15) is 144 Å². The topological polar surface area (TPSA) is 563 Å². The number of aromatic nitrogens is 2. The molecule has 7 amide bonds. The Bertz CT molecular complexity index is 5520. The number of nitrogens with zero attached hydrogens (tertiary/aromatic N) is 2. The number of ketones is 3. The van der Waals surface area contributed by atoms with Gasteiger partial charge in [0.25, 0.3) is 0 Å². The molecule has 6 aromatic carbocycles. The van der Waals surface area contributed by atoms with Crippen molar-refractivity contribution in [3.8, 4) is 62.9 Å². The van der Waals surface area contributed by atoms with Crippen molar-refractivity contribution in [2.24, 2.45) is 23.5 Å². The Hall–Kier alpha value is -11.9. The Morgan fingerprint density at radius 1 is 0.752 bits per heavy atom. The average molecular weight is 1840 g/mol. The number of benzene rings is 6. The number of rotatable bonds is 23. The van der Waals surface area contributed by atoms with Crippen LogP contribution < -0.4 is 67.6 Å². The van der Waals surface area contributed by atoms with Crippen LogP contribution >= 0.6 is 23.2 Å². The molecule has 42 heteroatoms. The number of phenolic OH excluding ortho intramolecular Hbond substituents is 3. The molecule has 690 valence electrons. The summed E-state index contributed by atoms with van der Waals surface area (Å²) in [5, 5.41) is 124. The number of carbonyl (C=O) groups is 10. The van der Waals surface area contributed by atoms with E-state index >= 15 is 24.0 Å². The van der Waals surface area contributed by atoms with Gasteiger partial charge >= 0.3 is 12.1 Å². The van der Waals surface area contributed by atoms with Crippen molar-refractivity contribution in [2.75, 3.05) is 25.0 Å². The molecular formula is C87H95Cl2F3N10O27. The molecule has 0 radical (unpaired) electrons. The minimum atomic E-state index is -4.94. The summed E-state index contributed by atoms with van der Waals surface area (Å²) in [5.74, 6) is -21.0. The van der Waals surface area contributed by atoms with Gasteiger partial charge in [0.2, 0.25) is 53.4 Å². The van der Waals surface area contributed by atoms with Gasteiger partial charge in [-0.15, -0.1) is 13.2 Å². The lowest BCUT2D eigenvalue weighted by Gasteiger charge is -2.48. The van der Waals surface area contributed by atoms with Gasteiger partial charge in [0.05, 0.1) is 53.7 Å². The highest BCUT2D eigenvalue weighted by Gasteiger charge is 2.53. The summed E-state index contributed by atoms with van der Waals surface area (Å²) in [7, 11) is 0. The van der Waals surface area contributed by atoms with E-state index in [4.69, 9.17) is 57.4 Å². The van der Waals surface area contributed by atoms with Gasteiger partial charge in [0, 0.05) is 73.6 Å². The quantitative estimate of drug-likeness (QED) is 0.0395. The molecule has 7 aliphatic rings. The second-order valence-corrected chi connectivity index (χ2v) is 33.5. The van der Waals surface area contributed by atoms with E-state index in [9.17, 15) is 87.9 Å². The van der Waals surface area contributed by atoms with Gasteiger partial charge < -0.3 is 122 Å². The molecule has 1 aromatic heterocycles. The van der Waals surface area contributed by atoms with Gasteiger partial charge in [-0.2, -0.15) is 4.98 Å². The summed E-state index contributed by atoms with van der Waals surface area (Å²) >= 11 is 14.4. The first-order chi connectivity index (χ1) is 61.0. The van der Waals surface area contributed by atoms with Crippen molar-refractivity contribution >= 4 is 87.7 Å². The van der Waals surface area contributed by atoms with Crippen LogP contribution in [-0.2, 0) is 75.1 Å². The third-order valence-electron chi connectivity index (χ3n) is 22.6. The van der Waals surface area contributed by atoms with Gasteiger partial charge in [-0.25, -0.2) is 4.79 Å². The lowest BCUT2D eigenvalue weighted by molar-refractivity contribution is -0.334. The predicted molar refractivity (Wildman–Crippen MR) is 447 cm³/mol. The number of primary amides is 1. The molecule has 129 heavy (non-hydrogen) atoms. The van der Waals surface area contributed by atoms with Crippen molar-refractivity contribution in [3.05, 3.63) is 169 Å². The SMILES string of the molecule is CC[C@H](CC(C)C)C(=O)N[C@H]1C(=O)C[C@@H](CC(N)=O)C(=O)NC2C(=O)C[C@H]3C(=O)N[C@H](C(=O)N[C@@H](C(=O)NCC(C)=O)c4cc(O)cc(O)c4-c4cc3ccc4O)[C@H](O)c3ccc(c(Cl)c3)Oc3cc2cc(c3O[C@@H]2O[C@H](CO)[C@@H](O)[C@H](O)[C@H]2O[C@H]2C[C@](C)(NCCn3ccc(NC(=O)Cc4ccc(OC(F)(F)F)cc4)nc3=O)[C@H](O)[C@H](C)O2)Oc2ccc(cc2Cl)[C@H]1O. The molecule has 0 spiro atoms. The van der Waals surface area contributed by atoms with E-state index in [1.807, 2.05) is 13.8 Å². The third-order valence-corrected chi connectivity index (χ3v) is 23.2. The van der Waals surface area contributed by atoms with Crippen molar-refractivity contribution in [1.29, 1.82) is 0 Å². The lowest BCUT2D eigenvalue weighted by atomic mass is 9.84. The zero-order valence-electron chi connectivity index (χ0n) is 69.9. The van der Waals surface area contributed by atoms with Gasteiger partial charge in [-0.05, 0) is 146 Å². The molecule has 1 unspecified atom stereocenters. The summed E-state index contributed by atoms with van der Waals surface area (Å²) < 4.78 is 82.7. The van der Waals surface area contributed by atoms with Crippen LogP contribution in [0.5, 0.6) is 51.7 Å². The van der Waals surface area contributed by atoms with Crippen LogP contribution in [0.3, 0.4) is 0 Å². The van der Waals surface area contributed by atoms with Gasteiger partial charge in [-0.3, -0.25) is 52.5 Å². The summed E-state index contributed by atoms with van der Waals surface area (Å²) in [6.45, 7) is 7.68. The number of halogens is 5. The monoisotopic (exact) mass is 1840 g/mol. The summed E-state index contributed by atoms with van der Waals surface area (Å²) in [6, 6.07) is 11.3. The molecule has 8 heterocycles. The maximum absolute atomic E-state index is 16.5. The van der Waals surface area contributed by atoms with Crippen molar-refractivity contribution in [1.82, 2.24) is 41.5 Å². The molecular weight excluding hydrogens is 1740 g/mol. The summed E-state index contributed by atoms with van der Waals surface area (Å²) in [4.78, 5) is 163. The Balaban J connectivity index is 0.980. The highest BCUT2D eigenvalue weighted by Crippen LogP contribution is 2.51. The minimum absolute atomic E-state index is 0.0556. The van der Waals surface area contributed by atoms with Crippen LogP contribution in [0.25, 0.3) is 11.1 Å². The first-order valence-electron chi connectivity index (χ1n) is 40.9. The number of aromatic hydroxyl groups is 3. The van der Waals surface area contributed by atoms with Crippen LogP contribution in [0.2, 0.25) is 10.0 Å². The number of hydrogen-bond donors (Lipinski definition) is 17. The Morgan fingerprint density at radius 3 is 2.02 bits per heavy atom. The molecule has 14 rings (SSSR count). The zero-order chi connectivity index (χ0) is 93.7. The van der Waals surface area contributed by atoms with E-state index in [1.54, 1.807) is 13.8 Å². The summed E-state index contributed by atoms with van der Waals surface area (Å²) in [6.07, 6.45) is -25.3. The van der Waals surface area contributed by atoms with Gasteiger partial charge in [0.15, 0.2) is 35.5 Å². The maximum atomic E-state index is 16.5. The van der Waals surface area contributed by atoms with Crippen LogP contribution in [0.4, 0.5) is 19.0 Å². The predicted octanol–water partition coefficient (Wildman–Crippen LogP) is 5.11. The number of phenols is 3. The van der Waals surface area contributed by atoms with E-state index in [-0.39, 0.29) is 71.6 Å². The normalized spacial score (nSPS) is 25.7. The number of alkyl halides is 3. The number of aliphatic hydroxyl groups excluding tert-OH is 6. The van der Waals surface area contributed by atoms with E-state index in [0.717, 1.165) is 90.4 Å². The van der Waals surface area contributed by atoms with E-state index in [2.05, 4.69) is 46.9 Å². The first kappa shape index (κ1) is 96.2. The lowest BCUT2D eigenvalue weighted by Crippen LogP contribution is -2.65. The van der Waals surface area contributed by atoms with E-state index in [0.29, 0.717) is 12.0 Å².